The predicted octanol–water partition coefficient (Wildman–Crippen LogP) is 3.70. The molecule has 0 saturated carbocycles. The summed E-state index contributed by atoms with van der Waals surface area (Å²) in [6.07, 6.45) is 2.90. The molecule has 0 aliphatic carbocycles. The number of pyridine rings is 2. The van der Waals surface area contributed by atoms with Gasteiger partial charge in [-0.1, -0.05) is 30.0 Å². The first-order chi connectivity index (χ1) is 19.0. The van der Waals surface area contributed by atoms with Gasteiger partial charge in [-0.25, -0.2) is 9.78 Å². The van der Waals surface area contributed by atoms with Gasteiger partial charge in [0, 0.05) is 36.0 Å². The minimum atomic E-state index is -2.72. The highest BCUT2D eigenvalue weighted by molar-refractivity contribution is 7.81. The van der Waals surface area contributed by atoms with Crippen LogP contribution in [0.2, 0.25) is 0 Å². The van der Waals surface area contributed by atoms with Crippen molar-refractivity contribution in [2.45, 2.75) is 0 Å². The molecule has 200 valence electrons. The van der Waals surface area contributed by atoms with Crippen molar-refractivity contribution in [2.75, 3.05) is 37.8 Å². The molecule has 2 aromatic heterocycles. The van der Waals surface area contributed by atoms with Crippen molar-refractivity contribution in [3.05, 3.63) is 89.9 Å². The summed E-state index contributed by atoms with van der Waals surface area (Å²) in [5.74, 6) is 5.29. The summed E-state index contributed by atoms with van der Waals surface area (Å²) in [5, 5.41) is 9.67. The van der Waals surface area contributed by atoms with Crippen LogP contribution in [0.1, 0.15) is 21.6 Å². The molecule has 1 atom stereocenters. The van der Waals surface area contributed by atoms with Gasteiger partial charge in [-0.15, -0.1) is 0 Å². The third-order valence-corrected chi connectivity index (χ3v) is 6.13. The summed E-state index contributed by atoms with van der Waals surface area (Å²) in [7, 11) is 1.60. The van der Waals surface area contributed by atoms with E-state index in [1.165, 1.54) is 18.3 Å². The number of ether oxygens (including phenoxy) is 3. The molecule has 0 amide bonds. The maximum atomic E-state index is 12.6. The first-order valence-electron chi connectivity index (χ1n) is 11.8. The van der Waals surface area contributed by atoms with E-state index in [0.717, 1.165) is 4.31 Å². The standard InChI is InChI=1S/C28H25N3O7S/c1-36-15-16-37-17-18-38-26-13-14-29-27-22(26)6-4-8-25(27)31(39(34)35)24-7-3-2-5-21(24)11-9-20-10-12-23(28(32)33)30-19-20/h2-8,10,12-14,19H,15-18H2,1H3,(H,32,33)(H,34,35)/p-1. The number of nitrogens with zero attached hydrogens (tertiary/aromatic N) is 3. The van der Waals surface area contributed by atoms with Gasteiger partial charge in [0.2, 0.25) is 0 Å². The van der Waals surface area contributed by atoms with Crippen LogP contribution in [-0.2, 0) is 20.7 Å². The van der Waals surface area contributed by atoms with Crippen LogP contribution >= 0.6 is 0 Å². The molecule has 39 heavy (non-hydrogen) atoms. The Bertz CT molecular complexity index is 1530. The lowest BCUT2D eigenvalue weighted by molar-refractivity contribution is 0.0546. The summed E-state index contributed by atoms with van der Waals surface area (Å²) in [6.45, 7) is 1.61. The molecular formula is C28H24N3O7S-. The van der Waals surface area contributed by atoms with Crippen LogP contribution in [0.15, 0.2) is 73.1 Å². The van der Waals surface area contributed by atoms with Crippen LogP contribution in [0.5, 0.6) is 5.75 Å². The number of hydrogen-bond donors (Lipinski definition) is 1. The molecule has 2 heterocycles. The lowest BCUT2D eigenvalue weighted by Crippen LogP contribution is -2.21. The fourth-order valence-electron chi connectivity index (χ4n) is 3.66. The van der Waals surface area contributed by atoms with Crippen LogP contribution in [0.4, 0.5) is 11.4 Å². The molecule has 0 saturated heterocycles. The number of carboxylic acids is 1. The van der Waals surface area contributed by atoms with Crippen LogP contribution in [-0.4, -0.2) is 63.3 Å². The van der Waals surface area contributed by atoms with Crippen LogP contribution < -0.4 is 9.04 Å². The fraction of sp³-hybridized carbons (Fsp3) is 0.179. The molecule has 0 spiro atoms. The van der Waals surface area contributed by atoms with Crippen molar-refractivity contribution < 1.29 is 32.9 Å². The number of anilines is 2. The smallest absolute Gasteiger partial charge is 0.354 e. The quantitative estimate of drug-likeness (QED) is 0.170. The Morgan fingerprint density at radius 1 is 0.974 bits per heavy atom. The van der Waals surface area contributed by atoms with E-state index in [9.17, 15) is 13.6 Å². The first kappa shape index (κ1) is 27.7. The molecule has 0 bridgehead atoms. The Morgan fingerprint density at radius 3 is 2.51 bits per heavy atom. The van der Waals surface area contributed by atoms with Crippen molar-refractivity contribution in [1.82, 2.24) is 9.97 Å². The van der Waals surface area contributed by atoms with Crippen molar-refractivity contribution in [2.24, 2.45) is 0 Å². The van der Waals surface area contributed by atoms with Gasteiger partial charge in [0.05, 0.1) is 48.0 Å². The number of benzene rings is 2. The summed E-state index contributed by atoms with van der Waals surface area (Å²) < 4.78 is 42.6. The monoisotopic (exact) mass is 546 g/mol. The van der Waals surface area contributed by atoms with Gasteiger partial charge in [-0.05, 0) is 42.5 Å². The molecule has 11 heteroatoms. The normalized spacial score (nSPS) is 11.4. The summed E-state index contributed by atoms with van der Waals surface area (Å²) in [6, 6.07) is 16.6. The Hall–Kier alpha value is -4.34. The predicted molar refractivity (Wildman–Crippen MR) is 145 cm³/mol. The van der Waals surface area contributed by atoms with E-state index in [1.807, 2.05) is 0 Å². The molecule has 0 aliphatic heterocycles. The summed E-state index contributed by atoms with van der Waals surface area (Å²) in [4.78, 5) is 19.4. The van der Waals surface area contributed by atoms with E-state index < -0.39 is 17.2 Å². The molecule has 0 aliphatic rings. The number of fused-ring (bicyclic) bond motifs is 1. The highest BCUT2D eigenvalue weighted by Crippen LogP contribution is 2.36. The van der Waals surface area contributed by atoms with E-state index >= 15 is 0 Å². The maximum absolute atomic E-state index is 12.6. The lowest BCUT2D eigenvalue weighted by Gasteiger charge is -2.28. The fourth-order valence-corrected chi connectivity index (χ4v) is 4.29. The zero-order valence-corrected chi connectivity index (χ0v) is 21.7. The summed E-state index contributed by atoms with van der Waals surface area (Å²) in [5.41, 5.74) is 1.88. The van der Waals surface area contributed by atoms with Crippen molar-refractivity contribution in [3.8, 4) is 17.6 Å². The van der Waals surface area contributed by atoms with Crippen LogP contribution in [0.25, 0.3) is 10.9 Å². The van der Waals surface area contributed by atoms with Gasteiger partial charge in [0.15, 0.2) is 0 Å². The second-order valence-corrected chi connectivity index (χ2v) is 8.75. The zero-order chi connectivity index (χ0) is 27.6. The van der Waals surface area contributed by atoms with E-state index in [2.05, 4.69) is 21.8 Å². The number of para-hydroxylation sites is 2. The second kappa shape index (κ2) is 13.5. The third kappa shape index (κ3) is 6.95. The van der Waals surface area contributed by atoms with Crippen LogP contribution in [0, 0.1) is 11.8 Å². The van der Waals surface area contributed by atoms with Crippen molar-refractivity contribution >= 4 is 39.5 Å². The number of carbonyl (C=O) groups is 1. The molecule has 4 aromatic rings. The SMILES string of the molecule is COCCOCCOc1ccnc2c(N(c3ccccc3C#Cc3ccc(C(=O)O)nc3)S(=O)[O-])cccc12. The average Bonchev–Trinajstić information content (AvgIpc) is 2.95. The van der Waals surface area contributed by atoms with Gasteiger partial charge in [-0.3, -0.25) is 13.5 Å². The van der Waals surface area contributed by atoms with Crippen LogP contribution in [0.3, 0.4) is 0 Å². The number of rotatable bonds is 11. The van der Waals surface area contributed by atoms with Gasteiger partial charge in [0.25, 0.3) is 0 Å². The Balaban J connectivity index is 1.67. The number of aromatic carboxylic acids is 1. The van der Waals surface area contributed by atoms with E-state index in [1.54, 1.807) is 61.8 Å². The third-order valence-electron chi connectivity index (χ3n) is 5.44. The molecule has 10 nitrogen and oxygen atoms in total. The minimum absolute atomic E-state index is 0.0979. The number of aromatic nitrogens is 2. The Morgan fingerprint density at radius 2 is 1.77 bits per heavy atom. The average molecular weight is 547 g/mol. The highest BCUT2D eigenvalue weighted by Gasteiger charge is 2.18. The van der Waals surface area contributed by atoms with Gasteiger partial charge >= 0.3 is 5.97 Å². The first-order valence-corrected chi connectivity index (χ1v) is 12.8. The van der Waals surface area contributed by atoms with Crippen molar-refractivity contribution in [1.29, 1.82) is 0 Å². The topological polar surface area (TPSA) is 134 Å². The minimum Gasteiger partial charge on any atom is -0.755 e. The van der Waals surface area contributed by atoms with Gasteiger partial charge < -0.3 is 23.9 Å². The Kier molecular flexibility index (Phi) is 9.55. The lowest BCUT2D eigenvalue weighted by atomic mass is 10.1. The molecule has 2 aromatic carbocycles. The van der Waals surface area contributed by atoms with E-state index in [4.69, 9.17) is 19.3 Å². The molecule has 1 unspecified atom stereocenters. The van der Waals surface area contributed by atoms with E-state index in [0.29, 0.717) is 65.6 Å². The number of carboxylic acid groups (broad SMARTS) is 1. The van der Waals surface area contributed by atoms with E-state index in [-0.39, 0.29) is 5.69 Å². The zero-order valence-electron chi connectivity index (χ0n) is 20.9. The van der Waals surface area contributed by atoms with Gasteiger partial charge in [-0.2, -0.15) is 0 Å². The summed E-state index contributed by atoms with van der Waals surface area (Å²) >= 11 is -2.72. The largest absolute Gasteiger partial charge is 0.755 e. The van der Waals surface area contributed by atoms with Gasteiger partial charge in [0.1, 0.15) is 18.1 Å². The second-order valence-electron chi connectivity index (χ2n) is 7.95. The maximum Gasteiger partial charge on any atom is 0.354 e. The molecule has 0 radical (unpaired) electrons. The molecule has 0 fully saturated rings. The van der Waals surface area contributed by atoms with Crippen molar-refractivity contribution in [3.63, 3.8) is 0 Å². The molecule has 4 rings (SSSR count). The number of methoxy groups -OCH3 is 1. The molecular weight excluding hydrogens is 522 g/mol. The number of hydrogen-bond acceptors (Lipinski definition) is 8. The Labute approximate surface area is 227 Å². The molecule has 1 N–H and O–H groups in total. The highest BCUT2D eigenvalue weighted by atomic mass is 32.2.